The van der Waals surface area contributed by atoms with Crippen molar-refractivity contribution in [1.82, 2.24) is 5.32 Å². The van der Waals surface area contributed by atoms with E-state index in [0.29, 0.717) is 172 Å². The van der Waals surface area contributed by atoms with Gasteiger partial charge in [-0.1, -0.05) is 30.3 Å². The van der Waals surface area contributed by atoms with E-state index in [1.807, 2.05) is 30.3 Å². The summed E-state index contributed by atoms with van der Waals surface area (Å²) in [4.78, 5) is 11.6. The van der Waals surface area contributed by atoms with E-state index in [-0.39, 0.29) is 6.61 Å². The van der Waals surface area contributed by atoms with Crippen molar-refractivity contribution in [1.29, 1.82) is 0 Å². The maximum Gasteiger partial charge on any atom is 0.407 e. The standard InChI is InChI=1S/C35H63NO15/c1-38-9-10-40-13-14-42-17-18-44-21-22-46-25-26-48-29-30-50-32-31-49-28-27-47-24-23-45-20-19-43-16-15-41-12-11-39-8-7-36-35(37)51-33-34-5-3-2-4-6-34/h2-6H,7-33H2,1H3,(H,36,37). The number of ether oxygens (including phenoxy) is 14. The number of hydrogen-bond donors (Lipinski definition) is 1. The number of amides is 1. The molecular formula is C35H63NO15. The molecule has 0 aliphatic rings. The number of benzene rings is 1. The van der Waals surface area contributed by atoms with E-state index in [4.69, 9.17) is 66.3 Å². The summed E-state index contributed by atoms with van der Waals surface area (Å²) in [5, 5.41) is 2.64. The van der Waals surface area contributed by atoms with Crippen LogP contribution in [0.1, 0.15) is 5.56 Å². The van der Waals surface area contributed by atoms with E-state index in [1.54, 1.807) is 7.11 Å². The van der Waals surface area contributed by atoms with Gasteiger partial charge in [0.05, 0.1) is 165 Å². The smallest absolute Gasteiger partial charge is 0.407 e. The van der Waals surface area contributed by atoms with Crippen LogP contribution in [0.25, 0.3) is 0 Å². The molecule has 0 aliphatic carbocycles. The van der Waals surface area contributed by atoms with Gasteiger partial charge < -0.3 is 71.6 Å². The van der Waals surface area contributed by atoms with Crippen molar-refractivity contribution in [3.8, 4) is 0 Å². The van der Waals surface area contributed by atoms with E-state index in [0.717, 1.165) is 5.56 Å². The first-order valence-corrected chi connectivity index (χ1v) is 17.7. The highest BCUT2D eigenvalue weighted by Gasteiger charge is 2.02. The van der Waals surface area contributed by atoms with E-state index < -0.39 is 6.09 Å². The third-order valence-corrected chi connectivity index (χ3v) is 6.25. The number of alkyl carbamates (subject to hydrolysis) is 1. The van der Waals surface area contributed by atoms with E-state index in [1.165, 1.54) is 0 Å². The predicted octanol–water partition coefficient (Wildman–Crippen LogP) is 1.76. The van der Waals surface area contributed by atoms with Crippen molar-refractivity contribution < 1.29 is 71.1 Å². The highest BCUT2D eigenvalue weighted by Crippen LogP contribution is 2.00. The van der Waals surface area contributed by atoms with Crippen LogP contribution in [0.5, 0.6) is 0 Å². The highest BCUT2D eigenvalue weighted by atomic mass is 16.6. The molecule has 0 fully saturated rings. The number of methoxy groups -OCH3 is 1. The lowest BCUT2D eigenvalue weighted by molar-refractivity contribution is -0.0287. The molecule has 0 radical (unpaired) electrons. The van der Waals surface area contributed by atoms with Crippen LogP contribution in [0.3, 0.4) is 0 Å². The third-order valence-electron chi connectivity index (χ3n) is 6.25. The summed E-state index contributed by atoms with van der Waals surface area (Å²) in [5.41, 5.74) is 0.936. The van der Waals surface area contributed by atoms with Gasteiger partial charge >= 0.3 is 6.09 Å². The molecule has 0 aromatic heterocycles. The van der Waals surface area contributed by atoms with Gasteiger partial charge in [-0.05, 0) is 5.56 Å². The lowest BCUT2D eigenvalue weighted by atomic mass is 10.2. The Morgan fingerprint density at radius 3 is 0.980 bits per heavy atom. The first kappa shape index (κ1) is 47.0. The maximum absolute atomic E-state index is 11.6. The monoisotopic (exact) mass is 737 g/mol. The van der Waals surface area contributed by atoms with Gasteiger partial charge in [0.2, 0.25) is 0 Å². The molecule has 0 heterocycles. The second-order valence-electron chi connectivity index (χ2n) is 10.3. The zero-order valence-corrected chi connectivity index (χ0v) is 30.6. The first-order chi connectivity index (χ1) is 25.3. The summed E-state index contributed by atoms with van der Waals surface area (Å²) in [6.07, 6.45) is -0.470. The predicted molar refractivity (Wildman–Crippen MR) is 186 cm³/mol. The second-order valence-corrected chi connectivity index (χ2v) is 10.3. The van der Waals surface area contributed by atoms with Crippen LogP contribution in [0.2, 0.25) is 0 Å². The molecule has 0 bridgehead atoms. The van der Waals surface area contributed by atoms with Gasteiger partial charge in [-0.25, -0.2) is 4.79 Å². The van der Waals surface area contributed by atoms with Crippen molar-refractivity contribution in [2.75, 3.05) is 179 Å². The lowest BCUT2D eigenvalue weighted by Gasteiger charge is -2.09. The van der Waals surface area contributed by atoms with Gasteiger partial charge in [0, 0.05) is 13.7 Å². The van der Waals surface area contributed by atoms with Gasteiger partial charge in [-0.15, -0.1) is 0 Å². The Morgan fingerprint density at radius 2 is 0.686 bits per heavy atom. The largest absolute Gasteiger partial charge is 0.445 e. The van der Waals surface area contributed by atoms with E-state index in [2.05, 4.69) is 5.32 Å². The van der Waals surface area contributed by atoms with Gasteiger partial charge in [0.25, 0.3) is 0 Å². The number of carbonyl (C=O) groups excluding carboxylic acids is 1. The summed E-state index contributed by atoms with van der Waals surface area (Å²) >= 11 is 0. The summed E-state index contributed by atoms with van der Waals surface area (Å²) in [5.74, 6) is 0. The minimum absolute atomic E-state index is 0.236. The fraction of sp³-hybridized carbons (Fsp3) is 0.800. The molecule has 0 saturated carbocycles. The number of carbonyl (C=O) groups is 1. The van der Waals surface area contributed by atoms with Crippen molar-refractivity contribution >= 4 is 6.09 Å². The molecule has 1 aromatic rings. The Hall–Kier alpha value is -2.03. The Balaban J connectivity index is 1.62. The minimum Gasteiger partial charge on any atom is -0.445 e. The quantitative estimate of drug-likeness (QED) is 0.0969. The molecule has 0 saturated heterocycles. The van der Waals surface area contributed by atoms with Crippen LogP contribution in [0, 0.1) is 0 Å². The first-order valence-electron chi connectivity index (χ1n) is 17.7. The Morgan fingerprint density at radius 1 is 0.412 bits per heavy atom. The summed E-state index contributed by atoms with van der Waals surface area (Å²) in [6.45, 7) is 13.1. The van der Waals surface area contributed by atoms with Gasteiger partial charge in [0.1, 0.15) is 6.61 Å². The zero-order valence-electron chi connectivity index (χ0n) is 30.6. The molecule has 16 nitrogen and oxygen atoms in total. The maximum atomic E-state index is 11.6. The molecule has 51 heavy (non-hydrogen) atoms. The Bertz CT molecular complexity index is 828. The molecule has 1 N–H and O–H groups in total. The van der Waals surface area contributed by atoms with Crippen LogP contribution in [0.4, 0.5) is 4.79 Å². The molecule has 16 heteroatoms. The van der Waals surface area contributed by atoms with Crippen LogP contribution in [-0.4, -0.2) is 185 Å². The molecule has 0 unspecified atom stereocenters. The third kappa shape index (κ3) is 37.5. The fourth-order valence-corrected chi connectivity index (χ4v) is 3.66. The summed E-state index contributed by atoms with van der Waals surface area (Å²) in [7, 11) is 1.64. The molecule has 1 aromatic carbocycles. The lowest BCUT2D eigenvalue weighted by Crippen LogP contribution is -2.28. The topological polar surface area (TPSA) is 158 Å². The van der Waals surface area contributed by atoms with Crippen LogP contribution < -0.4 is 5.32 Å². The highest BCUT2D eigenvalue weighted by molar-refractivity contribution is 5.67. The Kier molecular flexibility index (Phi) is 37.5. The van der Waals surface area contributed by atoms with Crippen LogP contribution in [0.15, 0.2) is 30.3 Å². The summed E-state index contributed by atoms with van der Waals surface area (Å²) < 4.78 is 75.4. The SMILES string of the molecule is COCCOCCOCCOCCOCCOCCOCCOCCOCCOCCOCCOCCOCCNC(=O)OCc1ccccc1. The minimum atomic E-state index is -0.470. The molecule has 1 rings (SSSR count). The summed E-state index contributed by atoms with van der Waals surface area (Å²) in [6, 6.07) is 9.50. The van der Waals surface area contributed by atoms with Crippen LogP contribution >= 0.6 is 0 Å². The average Bonchev–Trinajstić information content (AvgIpc) is 3.15. The van der Waals surface area contributed by atoms with E-state index >= 15 is 0 Å². The van der Waals surface area contributed by atoms with Crippen molar-refractivity contribution in [3.63, 3.8) is 0 Å². The van der Waals surface area contributed by atoms with Crippen molar-refractivity contribution in [2.45, 2.75) is 6.61 Å². The molecule has 0 aliphatic heterocycles. The van der Waals surface area contributed by atoms with Gasteiger partial charge in [-0.3, -0.25) is 0 Å². The number of rotatable bonds is 41. The fourth-order valence-electron chi connectivity index (χ4n) is 3.66. The Labute approximate surface area is 303 Å². The van der Waals surface area contributed by atoms with Gasteiger partial charge in [0.15, 0.2) is 0 Å². The normalized spacial score (nSPS) is 11.3. The van der Waals surface area contributed by atoms with Gasteiger partial charge in [-0.2, -0.15) is 0 Å². The zero-order chi connectivity index (χ0) is 36.4. The molecule has 298 valence electrons. The molecule has 0 spiro atoms. The molecule has 1 amide bonds. The number of nitrogens with one attached hydrogen (secondary N) is 1. The van der Waals surface area contributed by atoms with Crippen molar-refractivity contribution in [3.05, 3.63) is 35.9 Å². The van der Waals surface area contributed by atoms with Crippen LogP contribution in [-0.2, 0) is 72.9 Å². The molecule has 0 atom stereocenters. The van der Waals surface area contributed by atoms with Crippen molar-refractivity contribution in [2.24, 2.45) is 0 Å². The molecular weight excluding hydrogens is 674 g/mol. The number of hydrogen-bond acceptors (Lipinski definition) is 15. The van der Waals surface area contributed by atoms with E-state index in [9.17, 15) is 4.79 Å². The second kappa shape index (κ2) is 40.7. The average molecular weight is 738 g/mol.